The molecule has 7 nitrogen and oxygen atoms in total. The van der Waals surface area contributed by atoms with E-state index in [1.165, 1.54) is 19.3 Å². The van der Waals surface area contributed by atoms with E-state index in [4.69, 9.17) is 4.98 Å². The van der Waals surface area contributed by atoms with Gasteiger partial charge in [-0.05, 0) is 38.6 Å². The summed E-state index contributed by atoms with van der Waals surface area (Å²) in [6, 6.07) is 0.529. The van der Waals surface area contributed by atoms with E-state index in [0.717, 1.165) is 55.9 Å². The number of aromatic nitrogens is 2. The Labute approximate surface area is 173 Å². The Morgan fingerprint density at radius 1 is 1.14 bits per heavy atom. The van der Waals surface area contributed by atoms with Crippen molar-refractivity contribution in [2.24, 2.45) is 0 Å². The van der Waals surface area contributed by atoms with Crippen LogP contribution < -0.4 is 0 Å². The molecule has 2 fully saturated rings. The van der Waals surface area contributed by atoms with Gasteiger partial charge in [0.2, 0.25) is 11.8 Å². The van der Waals surface area contributed by atoms with Gasteiger partial charge in [0.15, 0.2) is 5.82 Å². The summed E-state index contributed by atoms with van der Waals surface area (Å²) in [5.74, 6) is 1.09. The van der Waals surface area contributed by atoms with E-state index >= 15 is 0 Å². The summed E-state index contributed by atoms with van der Waals surface area (Å²) in [4.78, 5) is 40.5. The first kappa shape index (κ1) is 20.3. The molecule has 0 spiro atoms. The maximum absolute atomic E-state index is 13.2. The minimum absolute atomic E-state index is 0.0106. The second-order valence-electron chi connectivity index (χ2n) is 8.66. The number of hydrogen-bond acceptors (Lipinski definition) is 5. The van der Waals surface area contributed by atoms with E-state index in [9.17, 15) is 9.59 Å². The third-order valence-electron chi connectivity index (χ3n) is 6.83. The van der Waals surface area contributed by atoms with E-state index in [1.807, 2.05) is 16.0 Å². The SMILES string of the molecule is CC[C@H]1CCCCN1CC(=O)N1CCC[C@@H]1c1ncc2c(n1)CCN(C(C)=O)C2. The van der Waals surface area contributed by atoms with Crippen molar-refractivity contribution >= 4 is 11.8 Å². The molecule has 2 amide bonds. The van der Waals surface area contributed by atoms with E-state index in [2.05, 4.69) is 16.8 Å². The molecule has 158 valence electrons. The molecule has 1 aromatic rings. The lowest BCUT2D eigenvalue weighted by molar-refractivity contribution is -0.134. The van der Waals surface area contributed by atoms with Crippen LogP contribution in [0.25, 0.3) is 0 Å². The normalized spacial score (nSPS) is 25.2. The number of carbonyl (C=O) groups is 2. The molecule has 29 heavy (non-hydrogen) atoms. The number of amides is 2. The molecule has 0 aliphatic carbocycles. The van der Waals surface area contributed by atoms with Gasteiger partial charge in [0.25, 0.3) is 0 Å². The fraction of sp³-hybridized carbons (Fsp3) is 0.727. The van der Waals surface area contributed by atoms with Gasteiger partial charge in [-0.2, -0.15) is 0 Å². The second kappa shape index (κ2) is 8.78. The van der Waals surface area contributed by atoms with Crippen LogP contribution >= 0.6 is 0 Å². The molecule has 0 aromatic carbocycles. The van der Waals surface area contributed by atoms with Gasteiger partial charge in [0, 0.05) is 50.8 Å². The summed E-state index contributed by atoms with van der Waals surface area (Å²) in [6.45, 7) is 7.48. The van der Waals surface area contributed by atoms with Crippen LogP contribution in [0.1, 0.15) is 75.5 Å². The molecular formula is C22H33N5O2. The number of likely N-dealkylation sites (tertiary alicyclic amines) is 2. The van der Waals surface area contributed by atoms with Crippen LogP contribution in [0.4, 0.5) is 0 Å². The predicted molar refractivity (Wildman–Crippen MR) is 110 cm³/mol. The van der Waals surface area contributed by atoms with Gasteiger partial charge >= 0.3 is 0 Å². The summed E-state index contributed by atoms with van der Waals surface area (Å²) in [6.07, 6.45) is 9.36. The molecule has 3 aliphatic heterocycles. The highest BCUT2D eigenvalue weighted by Gasteiger charge is 2.34. The zero-order valence-corrected chi connectivity index (χ0v) is 17.8. The third kappa shape index (κ3) is 4.29. The first-order valence-electron chi connectivity index (χ1n) is 11.2. The molecular weight excluding hydrogens is 366 g/mol. The van der Waals surface area contributed by atoms with Crippen molar-refractivity contribution in [1.29, 1.82) is 0 Å². The Bertz CT molecular complexity index is 768. The molecule has 1 aromatic heterocycles. The molecule has 0 unspecified atom stereocenters. The smallest absolute Gasteiger partial charge is 0.237 e. The summed E-state index contributed by atoms with van der Waals surface area (Å²) < 4.78 is 0. The maximum atomic E-state index is 13.2. The van der Waals surface area contributed by atoms with Crippen molar-refractivity contribution in [3.8, 4) is 0 Å². The molecule has 2 atom stereocenters. The average Bonchev–Trinajstić information content (AvgIpc) is 3.23. The number of piperidine rings is 1. The van der Waals surface area contributed by atoms with Crippen LogP contribution in [0, 0.1) is 0 Å². The largest absolute Gasteiger partial charge is 0.338 e. The Balaban J connectivity index is 1.46. The van der Waals surface area contributed by atoms with Gasteiger partial charge in [-0.15, -0.1) is 0 Å². The van der Waals surface area contributed by atoms with Gasteiger partial charge in [0.1, 0.15) is 0 Å². The molecule has 7 heteroatoms. The monoisotopic (exact) mass is 399 g/mol. The lowest BCUT2D eigenvalue weighted by Crippen LogP contribution is -2.46. The van der Waals surface area contributed by atoms with E-state index in [-0.39, 0.29) is 17.9 Å². The van der Waals surface area contributed by atoms with Crippen LogP contribution in [0.15, 0.2) is 6.20 Å². The number of nitrogens with zero attached hydrogens (tertiary/aromatic N) is 5. The Kier molecular flexibility index (Phi) is 6.13. The van der Waals surface area contributed by atoms with Gasteiger partial charge in [-0.25, -0.2) is 9.97 Å². The zero-order valence-electron chi connectivity index (χ0n) is 17.8. The van der Waals surface area contributed by atoms with Gasteiger partial charge < -0.3 is 9.80 Å². The highest BCUT2D eigenvalue weighted by atomic mass is 16.2. The van der Waals surface area contributed by atoms with Crippen LogP contribution in [0.5, 0.6) is 0 Å². The Morgan fingerprint density at radius 3 is 2.79 bits per heavy atom. The minimum atomic E-state index is -0.0106. The van der Waals surface area contributed by atoms with Crippen molar-refractivity contribution in [1.82, 2.24) is 24.7 Å². The van der Waals surface area contributed by atoms with E-state index in [0.29, 0.717) is 25.7 Å². The lowest BCUT2D eigenvalue weighted by atomic mass is 10.00. The first-order chi connectivity index (χ1) is 14.1. The number of rotatable bonds is 4. The fourth-order valence-electron chi connectivity index (χ4n) is 5.09. The maximum Gasteiger partial charge on any atom is 0.237 e. The quantitative estimate of drug-likeness (QED) is 0.777. The van der Waals surface area contributed by atoms with Gasteiger partial charge in [-0.3, -0.25) is 14.5 Å². The van der Waals surface area contributed by atoms with Gasteiger partial charge in [-0.1, -0.05) is 13.3 Å². The fourth-order valence-corrected chi connectivity index (χ4v) is 5.09. The Hall–Kier alpha value is -2.02. The Morgan fingerprint density at radius 2 is 2.00 bits per heavy atom. The zero-order chi connectivity index (χ0) is 20.4. The molecule has 3 aliphatic rings. The first-order valence-corrected chi connectivity index (χ1v) is 11.2. The van der Waals surface area contributed by atoms with Crippen LogP contribution in [0.2, 0.25) is 0 Å². The molecule has 4 heterocycles. The van der Waals surface area contributed by atoms with E-state index < -0.39 is 0 Å². The molecule has 0 saturated carbocycles. The topological polar surface area (TPSA) is 69.6 Å². The van der Waals surface area contributed by atoms with Crippen LogP contribution in [-0.4, -0.2) is 68.7 Å². The van der Waals surface area contributed by atoms with Crippen molar-refractivity contribution in [2.75, 3.05) is 26.2 Å². The van der Waals surface area contributed by atoms with Crippen molar-refractivity contribution in [2.45, 2.75) is 77.4 Å². The summed E-state index contributed by atoms with van der Waals surface area (Å²) in [5.41, 5.74) is 2.07. The number of carbonyl (C=O) groups excluding carboxylic acids is 2. The highest BCUT2D eigenvalue weighted by Crippen LogP contribution is 2.31. The van der Waals surface area contributed by atoms with Crippen molar-refractivity contribution in [3.05, 3.63) is 23.3 Å². The average molecular weight is 400 g/mol. The summed E-state index contributed by atoms with van der Waals surface area (Å²) in [7, 11) is 0. The van der Waals surface area contributed by atoms with Crippen molar-refractivity contribution in [3.63, 3.8) is 0 Å². The second-order valence-corrected chi connectivity index (χ2v) is 8.66. The number of hydrogen-bond donors (Lipinski definition) is 0. The third-order valence-corrected chi connectivity index (χ3v) is 6.83. The lowest BCUT2D eigenvalue weighted by Gasteiger charge is -2.36. The molecule has 0 radical (unpaired) electrons. The predicted octanol–water partition coefficient (Wildman–Crippen LogP) is 2.31. The standard InChI is InChI=1S/C22H33N5O2/c1-3-18-7-4-5-10-26(18)15-21(29)27-11-6-8-20(27)22-23-13-17-14-25(16(2)28)12-9-19(17)24-22/h13,18,20H,3-12,14-15H2,1-2H3/t18-,20+/m0/s1. The minimum Gasteiger partial charge on any atom is -0.338 e. The summed E-state index contributed by atoms with van der Waals surface area (Å²) >= 11 is 0. The summed E-state index contributed by atoms with van der Waals surface area (Å²) in [5, 5.41) is 0. The molecule has 2 saturated heterocycles. The van der Waals surface area contributed by atoms with Crippen molar-refractivity contribution < 1.29 is 9.59 Å². The van der Waals surface area contributed by atoms with Gasteiger partial charge in [0.05, 0.1) is 18.3 Å². The molecule has 4 rings (SSSR count). The number of fused-ring (bicyclic) bond motifs is 1. The molecule has 0 bridgehead atoms. The van der Waals surface area contributed by atoms with E-state index in [1.54, 1.807) is 6.92 Å². The highest BCUT2D eigenvalue weighted by molar-refractivity contribution is 5.79. The van der Waals surface area contributed by atoms with Crippen LogP contribution in [0.3, 0.4) is 0 Å². The molecule has 0 N–H and O–H groups in total. The van der Waals surface area contributed by atoms with Crippen LogP contribution in [-0.2, 0) is 22.6 Å².